The van der Waals surface area contributed by atoms with Gasteiger partial charge >= 0.3 is 0 Å². The molecule has 6 nitrogen and oxygen atoms in total. The van der Waals surface area contributed by atoms with Crippen LogP contribution in [0.1, 0.15) is 34.1 Å². The van der Waals surface area contributed by atoms with Gasteiger partial charge in [0.2, 0.25) is 5.78 Å². The minimum absolute atomic E-state index is 0.162. The SMILES string of the molecule is COc1ccc(C(=O)[C@@H]2Oc3ccc(Cl)cc3[C@H]3CC(c4ccco4)=NN32)cc1. The Morgan fingerprint density at radius 1 is 1.21 bits per heavy atom. The van der Waals surface area contributed by atoms with Gasteiger partial charge in [0.25, 0.3) is 6.23 Å². The van der Waals surface area contributed by atoms with E-state index in [2.05, 4.69) is 5.10 Å². The summed E-state index contributed by atoms with van der Waals surface area (Å²) in [4.78, 5) is 13.3. The van der Waals surface area contributed by atoms with Crippen molar-refractivity contribution in [1.82, 2.24) is 5.01 Å². The van der Waals surface area contributed by atoms with Gasteiger partial charge in [-0.1, -0.05) is 11.6 Å². The zero-order chi connectivity index (χ0) is 20.0. The number of fused-ring (bicyclic) bond motifs is 3. The highest BCUT2D eigenvalue weighted by Crippen LogP contribution is 2.44. The van der Waals surface area contributed by atoms with Gasteiger partial charge in [0.05, 0.1) is 19.4 Å². The first kappa shape index (κ1) is 17.8. The number of methoxy groups -OCH3 is 1. The molecule has 29 heavy (non-hydrogen) atoms. The topological polar surface area (TPSA) is 64.3 Å². The Kier molecular flexibility index (Phi) is 4.28. The zero-order valence-corrected chi connectivity index (χ0v) is 16.3. The van der Waals surface area contributed by atoms with Gasteiger partial charge in [-0.15, -0.1) is 0 Å². The minimum Gasteiger partial charge on any atom is -0.497 e. The van der Waals surface area contributed by atoms with E-state index in [-0.39, 0.29) is 11.8 Å². The molecule has 0 saturated heterocycles. The Labute approximate surface area is 172 Å². The Hall–Kier alpha value is -3.25. The Morgan fingerprint density at radius 2 is 2.03 bits per heavy atom. The Bertz CT molecular complexity index is 1090. The average Bonchev–Trinajstić information content (AvgIpc) is 3.43. The molecule has 3 heterocycles. The van der Waals surface area contributed by atoms with Crippen LogP contribution in [0.3, 0.4) is 0 Å². The molecule has 0 saturated carbocycles. The molecule has 0 unspecified atom stereocenters. The normalized spacial score (nSPS) is 19.8. The molecule has 0 amide bonds. The highest BCUT2D eigenvalue weighted by Gasteiger charge is 2.44. The van der Waals surface area contributed by atoms with Crippen molar-refractivity contribution in [3.63, 3.8) is 0 Å². The summed E-state index contributed by atoms with van der Waals surface area (Å²) in [5, 5.41) is 7.01. The molecule has 146 valence electrons. The van der Waals surface area contributed by atoms with Crippen molar-refractivity contribution in [2.24, 2.45) is 5.10 Å². The number of hydrogen-bond donors (Lipinski definition) is 0. The van der Waals surface area contributed by atoms with Gasteiger partial charge in [0, 0.05) is 22.6 Å². The minimum atomic E-state index is -0.880. The van der Waals surface area contributed by atoms with Gasteiger partial charge in [-0.3, -0.25) is 4.79 Å². The van der Waals surface area contributed by atoms with E-state index < -0.39 is 6.23 Å². The van der Waals surface area contributed by atoms with Crippen LogP contribution in [0.5, 0.6) is 11.5 Å². The second kappa shape index (κ2) is 6.97. The number of ether oxygens (including phenoxy) is 2. The fraction of sp³-hybridized carbons (Fsp3) is 0.182. The molecule has 2 aliphatic rings. The van der Waals surface area contributed by atoms with E-state index in [0.29, 0.717) is 34.3 Å². The van der Waals surface area contributed by atoms with Gasteiger partial charge < -0.3 is 13.9 Å². The van der Waals surface area contributed by atoms with Crippen molar-refractivity contribution in [3.05, 3.63) is 82.8 Å². The molecule has 3 aromatic rings. The van der Waals surface area contributed by atoms with Crippen LogP contribution in [0, 0.1) is 0 Å². The largest absolute Gasteiger partial charge is 0.497 e. The third-order valence-corrected chi connectivity index (χ3v) is 5.39. The third-order valence-electron chi connectivity index (χ3n) is 5.16. The molecule has 0 radical (unpaired) electrons. The van der Waals surface area contributed by atoms with Crippen molar-refractivity contribution in [2.75, 3.05) is 7.11 Å². The van der Waals surface area contributed by atoms with Crippen LogP contribution in [0.15, 0.2) is 70.4 Å². The molecular weight excluding hydrogens is 392 g/mol. The van der Waals surface area contributed by atoms with Crippen LogP contribution < -0.4 is 9.47 Å². The van der Waals surface area contributed by atoms with Crippen molar-refractivity contribution >= 4 is 23.1 Å². The molecule has 5 rings (SSSR count). The highest BCUT2D eigenvalue weighted by molar-refractivity contribution is 6.30. The van der Waals surface area contributed by atoms with E-state index in [4.69, 9.17) is 25.5 Å². The van der Waals surface area contributed by atoms with Crippen LogP contribution in [-0.4, -0.2) is 29.8 Å². The zero-order valence-electron chi connectivity index (χ0n) is 15.5. The number of ketones is 1. The molecule has 0 fully saturated rings. The van der Waals surface area contributed by atoms with E-state index in [9.17, 15) is 4.79 Å². The lowest BCUT2D eigenvalue weighted by atomic mass is 9.97. The van der Waals surface area contributed by atoms with Crippen LogP contribution in [0.4, 0.5) is 0 Å². The molecule has 2 aromatic carbocycles. The van der Waals surface area contributed by atoms with E-state index in [1.807, 2.05) is 18.2 Å². The maximum atomic E-state index is 13.3. The number of halogens is 1. The van der Waals surface area contributed by atoms with Crippen LogP contribution in [0.25, 0.3) is 0 Å². The first-order valence-electron chi connectivity index (χ1n) is 9.18. The average molecular weight is 409 g/mol. The number of benzene rings is 2. The maximum Gasteiger partial charge on any atom is 0.251 e. The number of Topliss-reactive ketones (excluding diaryl/α,β-unsaturated/α-hetero) is 1. The fourth-order valence-corrected chi connectivity index (χ4v) is 3.90. The third kappa shape index (κ3) is 3.06. The molecule has 0 spiro atoms. The molecule has 0 N–H and O–H groups in total. The molecular formula is C22H17ClN2O4. The van der Waals surface area contributed by atoms with Gasteiger partial charge in [-0.05, 0) is 54.6 Å². The summed E-state index contributed by atoms with van der Waals surface area (Å²) < 4.78 is 16.8. The predicted molar refractivity (Wildman–Crippen MR) is 108 cm³/mol. The number of nitrogens with zero attached hydrogens (tertiary/aromatic N) is 2. The highest BCUT2D eigenvalue weighted by atomic mass is 35.5. The predicted octanol–water partition coefficient (Wildman–Crippen LogP) is 4.69. The number of rotatable bonds is 4. The molecule has 2 atom stereocenters. The molecule has 7 heteroatoms. The number of hydrogen-bond acceptors (Lipinski definition) is 6. The second-order valence-corrected chi connectivity index (χ2v) is 7.31. The quantitative estimate of drug-likeness (QED) is 0.586. The summed E-state index contributed by atoms with van der Waals surface area (Å²) in [6.07, 6.45) is 1.32. The van der Waals surface area contributed by atoms with Crippen molar-refractivity contribution in [2.45, 2.75) is 18.7 Å². The first-order valence-corrected chi connectivity index (χ1v) is 9.56. The van der Waals surface area contributed by atoms with Gasteiger partial charge in [0.15, 0.2) is 0 Å². The lowest BCUT2D eigenvalue weighted by Crippen LogP contribution is -2.45. The van der Waals surface area contributed by atoms with Gasteiger partial charge in [-0.25, -0.2) is 5.01 Å². The molecule has 1 aromatic heterocycles. The van der Waals surface area contributed by atoms with Gasteiger partial charge in [0.1, 0.15) is 23.0 Å². The van der Waals surface area contributed by atoms with Crippen molar-refractivity contribution < 1.29 is 18.7 Å². The number of furan rings is 1. The van der Waals surface area contributed by atoms with E-state index in [1.165, 1.54) is 0 Å². The lowest BCUT2D eigenvalue weighted by Gasteiger charge is -2.37. The fourth-order valence-electron chi connectivity index (χ4n) is 3.72. The monoisotopic (exact) mass is 408 g/mol. The summed E-state index contributed by atoms with van der Waals surface area (Å²) in [7, 11) is 1.59. The Balaban J connectivity index is 1.55. The molecule has 0 bridgehead atoms. The summed E-state index contributed by atoms with van der Waals surface area (Å²) in [6, 6.07) is 15.9. The summed E-state index contributed by atoms with van der Waals surface area (Å²) in [6.45, 7) is 0. The van der Waals surface area contributed by atoms with Crippen LogP contribution in [0.2, 0.25) is 5.02 Å². The standard InChI is InChI=1S/C22H17ClN2O4/c1-27-15-7-4-13(5-8-15)21(26)22-25-18(12-17(24-25)20-3-2-10-28-20)16-11-14(23)6-9-19(16)29-22/h2-11,18,22H,12H2,1H3/t18-,22+/m1/s1. The lowest BCUT2D eigenvalue weighted by molar-refractivity contribution is -0.00455. The maximum absolute atomic E-state index is 13.3. The number of carbonyl (C=O) groups excluding carboxylic acids is 1. The van der Waals surface area contributed by atoms with Crippen molar-refractivity contribution in [1.29, 1.82) is 0 Å². The molecule has 2 aliphatic heterocycles. The van der Waals surface area contributed by atoms with Gasteiger partial charge in [-0.2, -0.15) is 5.10 Å². The Morgan fingerprint density at radius 3 is 2.76 bits per heavy atom. The van der Waals surface area contributed by atoms with E-state index >= 15 is 0 Å². The second-order valence-electron chi connectivity index (χ2n) is 6.87. The van der Waals surface area contributed by atoms with Crippen LogP contribution in [-0.2, 0) is 0 Å². The smallest absolute Gasteiger partial charge is 0.251 e. The van der Waals surface area contributed by atoms with E-state index in [0.717, 1.165) is 11.3 Å². The van der Waals surface area contributed by atoms with E-state index in [1.54, 1.807) is 54.8 Å². The van der Waals surface area contributed by atoms with Crippen molar-refractivity contribution in [3.8, 4) is 11.5 Å². The summed E-state index contributed by atoms with van der Waals surface area (Å²) in [5.74, 6) is 1.82. The number of carbonyl (C=O) groups is 1. The summed E-state index contributed by atoms with van der Waals surface area (Å²) in [5.41, 5.74) is 2.19. The summed E-state index contributed by atoms with van der Waals surface area (Å²) >= 11 is 6.22. The number of hydrazone groups is 1. The van der Waals surface area contributed by atoms with Crippen LogP contribution >= 0.6 is 11.6 Å². The first-order chi connectivity index (χ1) is 14.1. The molecule has 0 aliphatic carbocycles.